The molecule has 0 saturated carbocycles. The Morgan fingerprint density at radius 1 is 1.33 bits per heavy atom. The van der Waals surface area contributed by atoms with Crippen molar-refractivity contribution in [2.75, 3.05) is 12.4 Å². The van der Waals surface area contributed by atoms with Crippen molar-refractivity contribution in [2.45, 2.75) is 0 Å². The summed E-state index contributed by atoms with van der Waals surface area (Å²) in [6.45, 7) is 0.435. The molecule has 0 atom stereocenters. The van der Waals surface area contributed by atoms with Crippen molar-refractivity contribution in [2.24, 2.45) is 15.2 Å². The van der Waals surface area contributed by atoms with Gasteiger partial charge in [0, 0.05) is 11.3 Å². The molecule has 0 radical (unpaired) electrons. The molecule has 1 heterocycles. The minimum Gasteiger partial charge on any atom is -0.399 e. The number of nitrogens with zero attached hydrogens (tertiary/aromatic N) is 3. The van der Waals surface area contributed by atoms with E-state index in [0.717, 1.165) is 11.3 Å². The summed E-state index contributed by atoms with van der Waals surface area (Å²) in [6.07, 6.45) is 0. The van der Waals surface area contributed by atoms with Crippen LogP contribution < -0.4 is 5.73 Å². The van der Waals surface area contributed by atoms with E-state index >= 15 is 0 Å². The first-order valence-electron chi connectivity index (χ1n) is 3.64. The number of anilines is 1. The van der Waals surface area contributed by atoms with Crippen LogP contribution in [0.25, 0.3) is 0 Å². The normalized spacial score (nSPS) is 14.8. The number of aliphatic imine (C=N–C) groups is 1. The van der Waals surface area contributed by atoms with E-state index < -0.39 is 0 Å². The lowest BCUT2D eigenvalue weighted by Gasteiger charge is -1.96. The van der Waals surface area contributed by atoms with Crippen molar-refractivity contribution in [3.63, 3.8) is 0 Å². The first-order chi connectivity index (χ1) is 5.86. The van der Waals surface area contributed by atoms with Crippen molar-refractivity contribution in [1.82, 2.24) is 0 Å². The van der Waals surface area contributed by atoms with Crippen molar-refractivity contribution in [3.8, 4) is 0 Å². The molecule has 60 valence electrons. The van der Waals surface area contributed by atoms with Gasteiger partial charge in [0.25, 0.3) is 0 Å². The number of nitrogens with two attached hydrogens (primary N) is 1. The van der Waals surface area contributed by atoms with Gasteiger partial charge >= 0.3 is 0 Å². The van der Waals surface area contributed by atoms with Crippen LogP contribution in [0.4, 0.5) is 5.69 Å². The molecule has 0 spiro atoms. The maximum Gasteiger partial charge on any atom is 0.178 e. The molecule has 0 unspecified atom stereocenters. The van der Waals surface area contributed by atoms with E-state index in [1.807, 2.05) is 24.3 Å². The molecule has 0 saturated heterocycles. The molecule has 4 nitrogen and oxygen atoms in total. The third kappa shape index (κ3) is 1.18. The summed E-state index contributed by atoms with van der Waals surface area (Å²) in [7, 11) is 0. The molecular weight excluding hydrogens is 152 g/mol. The van der Waals surface area contributed by atoms with E-state index in [1.54, 1.807) is 0 Å². The van der Waals surface area contributed by atoms with Crippen LogP contribution in [-0.4, -0.2) is 12.5 Å². The lowest BCUT2D eigenvalue weighted by molar-refractivity contribution is 1.05. The van der Waals surface area contributed by atoms with Crippen molar-refractivity contribution < 1.29 is 0 Å². The quantitative estimate of drug-likeness (QED) is 0.620. The van der Waals surface area contributed by atoms with Gasteiger partial charge in [-0.15, -0.1) is 5.11 Å². The Kier molecular flexibility index (Phi) is 1.59. The molecule has 12 heavy (non-hydrogen) atoms. The van der Waals surface area contributed by atoms with Crippen LogP contribution in [-0.2, 0) is 0 Å². The Bertz CT molecular complexity index is 354. The third-order valence-corrected chi connectivity index (χ3v) is 1.59. The molecule has 4 heteroatoms. The summed E-state index contributed by atoms with van der Waals surface area (Å²) >= 11 is 0. The van der Waals surface area contributed by atoms with Crippen molar-refractivity contribution in [3.05, 3.63) is 29.8 Å². The Labute approximate surface area is 69.8 Å². The molecule has 1 aliphatic heterocycles. The van der Waals surface area contributed by atoms with Gasteiger partial charge in [0.1, 0.15) is 0 Å². The summed E-state index contributed by atoms with van der Waals surface area (Å²) in [6, 6.07) is 7.46. The van der Waals surface area contributed by atoms with Gasteiger partial charge in [0.2, 0.25) is 0 Å². The predicted molar refractivity (Wildman–Crippen MR) is 47.1 cm³/mol. The van der Waals surface area contributed by atoms with Gasteiger partial charge < -0.3 is 5.73 Å². The van der Waals surface area contributed by atoms with Crippen LogP contribution in [0.3, 0.4) is 0 Å². The average Bonchev–Trinajstić information content (AvgIpc) is 2.56. The Balaban J connectivity index is 2.40. The number of nitrogen functional groups attached to an aromatic ring is 1. The van der Waals surface area contributed by atoms with Crippen LogP contribution in [0.2, 0.25) is 0 Å². The van der Waals surface area contributed by atoms with E-state index in [-0.39, 0.29) is 0 Å². The van der Waals surface area contributed by atoms with E-state index in [0.29, 0.717) is 12.5 Å². The fourth-order valence-corrected chi connectivity index (χ4v) is 1.06. The molecule has 0 aromatic heterocycles. The summed E-state index contributed by atoms with van der Waals surface area (Å²) in [4.78, 5) is 4.07. The highest BCUT2D eigenvalue weighted by atomic mass is 15.2. The molecular formula is C8H8N4. The molecule has 2 rings (SSSR count). The van der Waals surface area contributed by atoms with Crippen LogP contribution in [0.15, 0.2) is 39.5 Å². The predicted octanol–water partition coefficient (Wildman–Crippen LogP) is 1.44. The summed E-state index contributed by atoms with van der Waals surface area (Å²) in [5.74, 6) is 0.669. The van der Waals surface area contributed by atoms with E-state index in [4.69, 9.17) is 5.73 Å². The smallest absolute Gasteiger partial charge is 0.178 e. The molecule has 0 bridgehead atoms. The second-order valence-corrected chi connectivity index (χ2v) is 2.49. The van der Waals surface area contributed by atoms with Gasteiger partial charge in [-0.05, 0) is 12.1 Å². The van der Waals surface area contributed by atoms with Crippen LogP contribution in [0.5, 0.6) is 0 Å². The zero-order valence-corrected chi connectivity index (χ0v) is 6.44. The van der Waals surface area contributed by atoms with Gasteiger partial charge in [0.05, 0.1) is 0 Å². The monoisotopic (exact) mass is 160 g/mol. The molecule has 1 aromatic rings. The Hall–Kier alpha value is -1.71. The average molecular weight is 160 g/mol. The molecule has 0 amide bonds. The van der Waals surface area contributed by atoms with Crippen molar-refractivity contribution in [1.29, 1.82) is 0 Å². The second-order valence-electron chi connectivity index (χ2n) is 2.49. The minimum atomic E-state index is 0.435. The maximum atomic E-state index is 5.60. The van der Waals surface area contributed by atoms with E-state index in [1.165, 1.54) is 0 Å². The maximum absolute atomic E-state index is 5.60. The number of benzene rings is 1. The van der Waals surface area contributed by atoms with Crippen LogP contribution >= 0.6 is 0 Å². The largest absolute Gasteiger partial charge is 0.399 e. The standard InChI is InChI=1S/C8H8N4/c9-7-3-1-2-6(4-7)8-10-5-11-12-8/h1-4H,5,9H2. The third-order valence-electron chi connectivity index (χ3n) is 1.59. The minimum absolute atomic E-state index is 0.435. The Morgan fingerprint density at radius 2 is 2.25 bits per heavy atom. The van der Waals surface area contributed by atoms with Crippen LogP contribution in [0, 0.1) is 0 Å². The van der Waals surface area contributed by atoms with Crippen molar-refractivity contribution >= 4 is 11.5 Å². The molecule has 1 aliphatic rings. The number of azo groups is 1. The lowest BCUT2D eigenvalue weighted by atomic mass is 10.2. The lowest BCUT2D eigenvalue weighted by Crippen LogP contribution is -1.95. The fraction of sp³-hybridized carbons (Fsp3) is 0.125. The second kappa shape index (κ2) is 2.73. The molecule has 2 N–H and O–H groups in total. The first kappa shape index (κ1) is 6.97. The number of hydrogen-bond acceptors (Lipinski definition) is 4. The van der Waals surface area contributed by atoms with Crippen LogP contribution in [0.1, 0.15) is 5.56 Å². The van der Waals surface area contributed by atoms with Gasteiger partial charge in [-0.2, -0.15) is 5.11 Å². The molecule has 1 aromatic carbocycles. The van der Waals surface area contributed by atoms with Gasteiger partial charge in [-0.25, -0.2) is 4.99 Å². The highest BCUT2D eigenvalue weighted by Crippen LogP contribution is 2.11. The summed E-state index contributed by atoms with van der Waals surface area (Å²) in [5.41, 5.74) is 7.25. The molecule has 0 aliphatic carbocycles. The number of amidine groups is 1. The SMILES string of the molecule is Nc1cccc(C2=NCN=N2)c1. The number of hydrogen-bond donors (Lipinski definition) is 1. The van der Waals surface area contributed by atoms with Gasteiger partial charge in [0.15, 0.2) is 12.5 Å². The fourth-order valence-electron chi connectivity index (χ4n) is 1.06. The topological polar surface area (TPSA) is 63.1 Å². The summed E-state index contributed by atoms with van der Waals surface area (Å²) < 4.78 is 0. The summed E-state index contributed by atoms with van der Waals surface area (Å²) in [5, 5.41) is 7.62. The van der Waals surface area contributed by atoms with E-state index in [2.05, 4.69) is 15.2 Å². The zero-order chi connectivity index (χ0) is 8.39. The molecule has 0 fully saturated rings. The Morgan fingerprint density at radius 3 is 2.92 bits per heavy atom. The van der Waals surface area contributed by atoms with E-state index in [9.17, 15) is 0 Å². The van der Waals surface area contributed by atoms with Gasteiger partial charge in [-0.3, -0.25) is 0 Å². The number of rotatable bonds is 1. The van der Waals surface area contributed by atoms with Gasteiger partial charge in [-0.1, -0.05) is 12.1 Å². The first-order valence-corrected chi connectivity index (χ1v) is 3.64. The highest BCUT2D eigenvalue weighted by Gasteiger charge is 2.05. The zero-order valence-electron chi connectivity index (χ0n) is 6.44. The highest BCUT2D eigenvalue weighted by molar-refractivity contribution is 6.00.